The van der Waals surface area contributed by atoms with Crippen molar-refractivity contribution in [3.8, 4) is 0 Å². The van der Waals surface area contributed by atoms with Gasteiger partial charge in [0.15, 0.2) is 0 Å². The summed E-state index contributed by atoms with van der Waals surface area (Å²) in [6.07, 6.45) is 0.308. The van der Waals surface area contributed by atoms with Crippen LogP contribution in [0.5, 0.6) is 0 Å². The lowest BCUT2D eigenvalue weighted by Gasteiger charge is -2.11. The summed E-state index contributed by atoms with van der Waals surface area (Å²) in [6.45, 7) is 1.74. The fraction of sp³-hybridized carbons (Fsp3) is 0.211. The predicted octanol–water partition coefficient (Wildman–Crippen LogP) is 3.94. The first-order valence-electron chi connectivity index (χ1n) is 7.89. The van der Waals surface area contributed by atoms with Gasteiger partial charge in [-0.2, -0.15) is 0 Å². The summed E-state index contributed by atoms with van der Waals surface area (Å²) in [5.74, 6) is -1.19. The summed E-state index contributed by atoms with van der Waals surface area (Å²) in [5.41, 5.74) is 1.77. The molecule has 7 heteroatoms. The molecular weight excluding hydrogens is 402 g/mol. The van der Waals surface area contributed by atoms with Crippen LogP contribution in [0.2, 0.25) is 0 Å². The highest BCUT2D eigenvalue weighted by molar-refractivity contribution is 9.10. The second kappa shape index (κ2) is 9.15. The summed E-state index contributed by atoms with van der Waals surface area (Å²) < 4.78 is 10.6. The summed E-state index contributed by atoms with van der Waals surface area (Å²) >= 11 is 3.35. The Hall–Kier alpha value is -2.67. The van der Waals surface area contributed by atoms with E-state index in [0.717, 1.165) is 0 Å². The van der Waals surface area contributed by atoms with Crippen LogP contribution in [0.25, 0.3) is 0 Å². The average Bonchev–Trinajstić information content (AvgIpc) is 2.66. The van der Waals surface area contributed by atoms with Crippen LogP contribution in [-0.2, 0) is 20.9 Å². The van der Waals surface area contributed by atoms with Crippen molar-refractivity contribution in [3.63, 3.8) is 0 Å². The molecule has 2 aromatic rings. The molecule has 0 aliphatic carbocycles. The molecule has 0 atom stereocenters. The highest BCUT2D eigenvalue weighted by Crippen LogP contribution is 2.22. The molecular formula is C19H18BrNO5. The van der Waals surface area contributed by atoms with Gasteiger partial charge in [0.05, 0.1) is 23.9 Å². The van der Waals surface area contributed by atoms with Gasteiger partial charge in [0.25, 0.3) is 0 Å². The zero-order chi connectivity index (χ0) is 19.1. The molecule has 1 N–H and O–H groups in total. The summed E-state index contributed by atoms with van der Waals surface area (Å²) in [6, 6.07) is 11.5. The van der Waals surface area contributed by atoms with E-state index in [-0.39, 0.29) is 18.1 Å². The number of hydrogen-bond acceptors (Lipinski definition) is 5. The molecule has 0 aliphatic heterocycles. The van der Waals surface area contributed by atoms with Crippen LogP contribution >= 0.6 is 15.9 Å². The van der Waals surface area contributed by atoms with Crippen LogP contribution in [0.1, 0.15) is 39.6 Å². The van der Waals surface area contributed by atoms with Gasteiger partial charge in [0.2, 0.25) is 5.91 Å². The molecule has 0 spiro atoms. The van der Waals surface area contributed by atoms with E-state index in [1.807, 2.05) is 0 Å². The molecule has 0 aliphatic rings. The van der Waals surface area contributed by atoms with E-state index < -0.39 is 11.9 Å². The van der Waals surface area contributed by atoms with Gasteiger partial charge >= 0.3 is 11.9 Å². The minimum atomic E-state index is -0.555. The van der Waals surface area contributed by atoms with Gasteiger partial charge in [-0.3, -0.25) is 4.79 Å². The van der Waals surface area contributed by atoms with E-state index in [4.69, 9.17) is 4.74 Å². The Labute approximate surface area is 159 Å². The Morgan fingerprint density at radius 2 is 1.81 bits per heavy atom. The quantitative estimate of drug-likeness (QED) is 0.716. The monoisotopic (exact) mass is 419 g/mol. The first-order valence-corrected chi connectivity index (χ1v) is 8.68. The number of nitrogens with one attached hydrogen (secondary N) is 1. The minimum Gasteiger partial charge on any atom is -0.465 e. The normalized spacial score (nSPS) is 10.1. The fourth-order valence-electron chi connectivity index (χ4n) is 2.14. The van der Waals surface area contributed by atoms with Crippen LogP contribution in [0, 0.1) is 0 Å². The van der Waals surface area contributed by atoms with Crippen LogP contribution in [0.15, 0.2) is 46.9 Å². The summed E-state index contributed by atoms with van der Waals surface area (Å²) in [7, 11) is 1.31. The Balaban J connectivity index is 2.10. The predicted molar refractivity (Wildman–Crippen MR) is 100.0 cm³/mol. The number of carbonyl (C=O) groups excluding carboxylic acids is 3. The number of carbonyl (C=O) groups is 3. The number of ether oxygens (including phenoxy) is 2. The maximum absolute atomic E-state index is 12.4. The Kier molecular flexibility index (Phi) is 6.91. The Morgan fingerprint density at radius 1 is 1.08 bits per heavy atom. The second-order valence-electron chi connectivity index (χ2n) is 5.32. The molecule has 0 fully saturated rings. The maximum Gasteiger partial charge on any atom is 0.340 e. The van der Waals surface area contributed by atoms with Gasteiger partial charge in [-0.1, -0.05) is 41.1 Å². The van der Waals surface area contributed by atoms with Crippen LogP contribution in [0.4, 0.5) is 5.69 Å². The number of para-hydroxylation sites is 1. The van der Waals surface area contributed by atoms with E-state index in [0.29, 0.717) is 27.7 Å². The zero-order valence-electron chi connectivity index (χ0n) is 14.4. The van der Waals surface area contributed by atoms with E-state index in [9.17, 15) is 14.4 Å². The third-order valence-corrected chi connectivity index (χ3v) is 4.31. The molecule has 0 saturated heterocycles. The van der Waals surface area contributed by atoms with Crippen molar-refractivity contribution in [3.05, 3.63) is 63.6 Å². The number of methoxy groups -OCH3 is 1. The van der Waals surface area contributed by atoms with Crippen molar-refractivity contribution >= 4 is 39.5 Å². The van der Waals surface area contributed by atoms with Gasteiger partial charge in [-0.05, 0) is 24.3 Å². The summed E-state index contributed by atoms with van der Waals surface area (Å²) in [4.78, 5) is 35.5. The van der Waals surface area contributed by atoms with Crippen molar-refractivity contribution in [2.45, 2.75) is 20.0 Å². The molecule has 0 bridgehead atoms. The number of amides is 1. The first kappa shape index (κ1) is 19.7. The molecule has 136 valence electrons. The first-order chi connectivity index (χ1) is 12.5. The van der Waals surface area contributed by atoms with Gasteiger partial charge in [0.1, 0.15) is 6.61 Å². The molecule has 1 amide bonds. The maximum atomic E-state index is 12.4. The number of benzene rings is 2. The van der Waals surface area contributed by atoms with Crippen molar-refractivity contribution < 1.29 is 23.9 Å². The molecule has 0 aromatic heterocycles. The van der Waals surface area contributed by atoms with Crippen molar-refractivity contribution in [2.75, 3.05) is 12.4 Å². The molecule has 26 heavy (non-hydrogen) atoms. The van der Waals surface area contributed by atoms with Gasteiger partial charge in [-0.25, -0.2) is 9.59 Å². The van der Waals surface area contributed by atoms with Gasteiger partial charge < -0.3 is 14.8 Å². The second-order valence-corrected chi connectivity index (χ2v) is 6.18. The Bertz CT molecular complexity index is 834. The van der Waals surface area contributed by atoms with E-state index in [1.165, 1.54) is 7.11 Å². The number of halogens is 1. The van der Waals surface area contributed by atoms with Gasteiger partial charge in [0, 0.05) is 16.5 Å². The molecule has 0 heterocycles. The smallest absolute Gasteiger partial charge is 0.340 e. The summed E-state index contributed by atoms with van der Waals surface area (Å²) in [5, 5.41) is 2.68. The largest absolute Gasteiger partial charge is 0.465 e. The highest BCUT2D eigenvalue weighted by Gasteiger charge is 2.15. The highest BCUT2D eigenvalue weighted by atomic mass is 79.9. The third kappa shape index (κ3) is 4.92. The topological polar surface area (TPSA) is 81.7 Å². The minimum absolute atomic E-state index is 0.0108. The number of rotatable bonds is 6. The van der Waals surface area contributed by atoms with Crippen LogP contribution < -0.4 is 5.32 Å². The molecule has 6 nitrogen and oxygen atoms in total. The lowest BCUT2D eigenvalue weighted by Crippen LogP contribution is -2.14. The van der Waals surface area contributed by atoms with Crippen LogP contribution in [0.3, 0.4) is 0 Å². The fourth-order valence-corrected chi connectivity index (χ4v) is 2.63. The van der Waals surface area contributed by atoms with Crippen molar-refractivity contribution in [1.82, 2.24) is 0 Å². The standard InChI is InChI=1S/C19H18BrNO5/c1-3-17(22)21-16-7-5-4-6-14(16)19(24)26-11-13-9-8-12(10-15(13)20)18(23)25-2/h4-10H,3,11H2,1-2H3,(H,21,22). The average molecular weight is 420 g/mol. The molecule has 0 saturated carbocycles. The number of anilines is 1. The Morgan fingerprint density at radius 3 is 2.46 bits per heavy atom. The van der Waals surface area contributed by atoms with Crippen molar-refractivity contribution in [2.24, 2.45) is 0 Å². The molecule has 0 radical (unpaired) electrons. The molecule has 0 unspecified atom stereocenters. The third-order valence-electron chi connectivity index (χ3n) is 3.58. The SMILES string of the molecule is CCC(=O)Nc1ccccc1C(=O)OCc1ccc(C(=O)OC)cc1Br. The zero-order valence-corrected chi connectivity index (χ0v) is 16.0. The van der Waals surface area contributed by atoms with Gasteiger partial charge in [-0.15, -0.1) is 0 Å². The lowest BCUT2D eigenvalue weighted by molar-refractivity contribution is -0.115. The van der Waals surface area contributed by atoms with Crippen molar-refractivity contribution in [1.29, 1.82) is 0 Å². The number of hydrogen-bond donors (Lipinski definition) is 1. The van der Waals surface area contributed by atoms with E-state index in [2.05, 4.69) is 26.0 Å². The molecule has 2 rings (SSSR count). The lowest BCUT2D eigenvalue weighted by atomic mass is 10.1. The number of esters is 2. The molecule has 2 aromatic carbocycles. The van der Waals surface area contributed by atoms with E-state index >= 15 is 0 Å². The van der Waals surface area contributed by atoms with E-state index in [1.54, 1.807) is 49.4 Å². The van der Waals surface area contributed by atoms with Crippen LogP contribution in [-0.4, -0.2) is 25.0 Å².